The number of hydrogen-bond acceptors (Lipinski definition) is 12. The lowest BCUT2D eigenvalue weighted by atomic mass is 9.98. The van der Waals surface area contributed by atoms with E-state index in [1.165, 1.54) is 0 Å². The number of benzene rings is 1. The first-order chi connectivity index (χ1) is 14.9. The molecule has 5 unspecified atom stereocenters. The second-order valence-corrected chi connectivity index (χ2v) is 6.74. The third kappa shape index (κ3) is 5.98. The SMILES string of the molecule is CC(=O)OCC1OC(Oc2cc(O)c(C(=O)O)c(O)c2)C(OC(C)=O)C(OC(C)=O)C1O. The van der Waals surface area contributed by atoms with Crippen LogP contribution >= 0.6 is 0 Å². The molecule has 1 fully saturated rings. The van der Waals surface area contributed by atoms with Gasteiger partial charge in [-0.1, -0.05) is 0 Å². The predicted octanol–water partition coefficient (Wildman–Crippen LogP) is -0.313. The third-order valence-electron chi connectivity index (χ3n) is 4.21. The van der Waals surface area contributed by atoms with E-state index in [-0.39, 0.29) is 5.75 Å². The normalized spacial score (nSPS) is 24.8. The zero-order valence-corrected chi connectivity index (χ0v) is 17.2. The van der Waals surface area contributed by atoms with Gasteiger partial charge in [0.05, 0.1) is 0 Å². The van der Waals surface area contributed by atoms with E-state index in [0.29, 0.717) is 0 Å². The van der Waals surface area contributed by atoms with Crippen molar-refractivity contribution in [2.45, 2.75) is 51.5 Å². The second kappa shape index (κ2) is 10.2. The number of aliphatic hydroxyl groups excluding tert-OH is 1. The molecule has 32 heavy (non-hydrogen) atoms. The Bertz CT molecular complexity index is 872. The number of rotatable bonds is 7. The van der Waals surface area contributed by atoms with Crippen molar-refractivity contribution in [3.8, 4) is 17.2 Å². The molecule has 5 atom stereocenters. The Balaban J connectivity index is 2.42. The summed E-state index contributed by atoms with van der Waals surface area (Å²) in [6.07, 6.45) is -7.51. The highest BCUT2D eigenvalue weighted by atomic mass is 16.7. The van der Waals surface area contributed by atoms with E-state index in [2.05, 4.69) is 0 Å². The van der Waals surface area contributed by atoms with Crippen LogP contribution in [0.15, 0.2) is 12.1 Å². The number of ether oxygens (including phenoxy) is 5. The highest BCUT2D eigenvalue weighted by molar-refractivity contribution is 5.94. The number of esters is 3. The lowest BCUT2D eigenvalue weighted by molar-refractivity contribution is -0.285. The minimum Gasteiger partial charge on any atom is -0.507 e. The molecule has 1 saturated heterocycles. The van der Waals surface area contributed by atoms with E-state index >= 15 is 0 Å². The molecule has 2 rings (SSSR count). The van der Waals surface area contributed by atoms with Crippen molar-refractivity contribution in [3.05, 3.63) is 17.7 Å². The van der Waals surface area contributed by atoms with Crippen molar-refractivity contribution >= 4 is 23.9 Å². The average Bonchev–Trinajstić information content (AvgIpc) is 2.64. The monoisotopic (exact) mass is 458 g/mol. The Hall–Kier alpha value is -3.58. The van der Waals surface area contributed by atoms with Crippen molar-refractivity contribution in [3.63, 3.8) is 0 Å². The molecule has 1 aromatic carbocycles. The molecule has 0 aliphatic carbocycles. The van der Waals surface area contributed by atoms with Crippen molar-refractivity contribution in [1.82, 2.24) is 0 Å². The van der Waals surface area contributed by atoms with Gasteiger partial charge in [0.2, 0.25) is 12.4 Å². The van der Waals surface area contributed by atoms with Crippen LogP contribution in [0.4, 0.5) is 0 Å². The van der Waals surface area contributed by atoms with Crippen molar-refractivity contribution in [2.75, 3.05) is 6.61 Å². The maximum atomic E-state index is 11.6. The molecule has 4 N–H and O–H groups in total. The molecule has 0 aromatic heterocycles. The Morgan fingerprint density at radius 1 is 0.938 bits per heavy atom. The molecular formula is C19H22O13. The van der Waals surface area contributed by atoms with Crippen LogP contribution in [0, 0.1) is 0 Å². The van der Waals surface area contributed by atoms with Crippen molar-refractivity contribution in [2.24, 2.45) is 0 Å². The van der Waals surface area contributed by atoms with Crippen molar-refractivity contribution in [1.29, 1.82) is 0 Å². The number of aromatic carboxylic acids is 1. The Morgan fingerprint density at radius 2 is 1.47 bits per heavy atom. The molecule has 1 aromatic rings. The molecule has 0 saturated carbocycles. The van der Waals surface area contributed by atoms with Crippen LogP contribution in [0.1, 0.15) is 31.1 Å². The summed E-state index contributed by atoms with van der Waals surface area (Å²) in [5.74, 6) is -5.94. The van der Waals surface area contributed by atoms with Gasteiger partial charge in [0.1, 0.15) is 41.6 Å². The van der Waals surface area contributed by atoms with Gasteiger partial charge in [0.15, 0.2) is 6.10 Å². The van der Waals surface area contributed by atoms with Crippen LogP contribution < -0.4 is 4.74 Å². The van der Waals surface area contributed by atoms with Gasteiger partial charge in [0, 0.05) is 32.9 Å². The molecule has 1 aliphatic rings. The predicted molar refractivity (Wildman–Crippen MR) is 99.8 cm³/mol. The molecule has 1 aliphatic heterocycles. The fourth-order valence-corrected chi connectivity index (χ4v) is 2.97. The summed E-state index contributed by atoms with van der Waals surface area (Å²) in [6, 6.07) is 1.70. The van der Waals surface area contributed by atoms with Gasteiger partial charge in [-0.25, -0.2) is 4.79 Å². The van der Waals surface area contributed by atoms with Gasteiger partial charge in [-0.2, -0.15) is 0 Å². The summed E-state index contributed by atoms with van der Waals surface area (Å²) >= 11 is 0. The van der Waals surface area contributed by atoms with E-state index in [1.807, 2.05) is 0 Å². The molecule has 0 bridgehead atoms. The van der Waals surface area contributed by atoms with E-state index in [0.717, 1.165) is 32.9 Å². The van der Waals surface area contributed by atoms with Crippen molar-refractivity contribution < 1.29 is 63.3 Å². The summed E-state index contributed by atoms with van der Waals surface area (Å²) in [5.41, 5.74) is -0.778. The fourth-order valence-electron chi connectivity index (χ4n) is 2.97. The molecule has 0 amide bonds. The first-order valence-electron chi connectivity index (χ1n) is 9.18. The quantitative estimate of drug-likeness (QED) is 0.307. The van der Waals surface area contributed by atoms with E-state index in [4.69, 9.17) is 28.8 Å². The summed E-state index contributed by atoms with van der Waals surface area (Å²) in [6.45, 7) is 2.72. The largest absolute Gasteiger partial charge is 0.507 e. The van der Waals surface area contributed by atoms with Gasteiger partial charge in [0.25, 0.3) is 0 Å². The average molecular weight is 458 g/mol. The van der Waals surface area contributed by atoms with E-state index < -0.39 is 78.3 Å². The Labute approximate surface area is 181 Å². The highest BCUT2D eigenvalue weighted by Gasteiger charge is 2.51. The van der Waals surface area contributed by atoms with Crippen LogP contribution in [0.2, 0.25) is 0 Å². The number of phenols is 2. The first-order valence-corrected chi connectivity index (χ1v) is 9.18. The van der Waals surface area contributed by atoms with Gasteiger partial charge in [-0.3, -0.25) is 14.4 Å². The Kier molecular flexibility index (Phi) is 7.83. The number of aromatic hydroxyl groups is 2. The molecule has 0 radical (unpaired) electrons. The van der Waals surface area contributed by atoms with Crippen LogP contribution in [0.5, 0.6) is 17.2 Å². The summed E-state index contributed by atoms with van der Waals surface area (Å²) in [4.78, 5) is 45.4. The van der Waals surface area contributed by atoms with Gasteiger partial charge < -0.3 is 44.1 Å². The standard InChI is InChI=1S/C19H22O13/c1-7(20)28-6-13-15(25)16(29-8(2)21)17(30-9(3)22)19(32-13)31-10-4-11(23)14(18(26)27)12(24)5-10/h4-5,13,15-17,19,23-25H,6H2,1-3H3,(H,26,27). The first kappa shape index (κ1) is 24.7. The number of carbonyl (C=O) groups is 4. The number of carbonyl (C=O) groups excluding carboxylic acids is 3. The maximum Gasteiger partial charge on any atom is 0.343 e. The molecule has 13 nitrogen and oxygen atoms in total. The highest BCUT2D eigenvalue weighted by Crippen LogP contribution is 2.35. The van der Waals surface area contributed by atoms with E-state index in [1.54, 1.807) is 0 Å². The van der Waals surface area contributed by atoms with Gasteiger partial charge in [-0.05, 0) is 0 Å². The van der Waals surface area contributed by atoms with Crippen LogP contribution in [0.25, 0.3) is 0 Å². The summed E-state index contributed by atoms with van der Waals surface area (Å²) in [5, 5.41) is 39.3. The minimum atomic E-state index is -1.60. The molecule has 0 spiro atoms. The maximum absolute atomic E-state index is 11.6. The van der Waals surface area contributed by atoms with Crippen LogP contribution in [-0.4, -0.2) is 81.6 Å². The lowest BCUT2D eigenvalue weighted by Gasteiger charge is -2.42. The zero-order chi connectivity index (χ0) is 24.2. The number of aliphatic hydroxyl groups is 1. The lowest BCUT2D eigenvalue weighted by Crippen LogP contribution is -2.62. The minimum absolute atomic E-state index is 0.309. The fraction of sp³-hybridized carbons (Fsp3) is 0.474. The zero-order valence-electron chi connectivity index (χ0n) is 17.2. The summed E-state index contributed by atoms with van der Waals surface area (Å²) in [7, 11) is 0. The molecule has 13 heteroatoms. The van der Waals surface area contributed by atoms with E-state index in [9.17, 15) is 34.5 Å². The summed E-state index contributed by atoms with van der Waals surface area (Å²) < 4.78 is 26.1. The van der Waals surface area contributed by atoms with Crippen LogP contribution in [0.3, 0.4) is 0 Å². The molecule has 1 heterocycles. The number of carboxylic acid groups (broad SMARTS) is 1. The number of hydrogen-bond donors (Lipinski definition) is 4. The topological polar surface area (TPSA) is 195 Å². The van der Waals surface area contributed by atoms with Gasteiger partial charge in [-0.15, -0.1) is 0 Å². The molecule has 176 valence electrons. The van der Waals surface area contributed by atoms with Crippen LogP contribution in [-0.2, 0) is 33.3 Å². The second-order valence-electron chi connectivity index (χ2n) is 6.74. The smallest absolute Gasteiger partial charge is 0.343 e. The third-order valence-corrected chi connectivity index (χ3v) is 4.21. The number of carboxylic acids is 1. The van der Waals surface area contributed by atoms with Gasteiger partial charge >= 0.3 is 23.9 Å². The Morgan fingerprint density at radius 3 is 1.94 bits per heavy atom. The molecular weight excluding hydrogens is 436 g/mol.